The highest BCUT2D eigenvalue weighted by Gasteiger charge is 2.21. The SMILES string of the molecule is C=CCCC1CCC(c2ccccc2)CC1. The summed E-state index contributed by atoms with van der Waals surface area (Å²) in [6.45, 7) is 3.81. The van der Waals surface area contributed by atoms with Crippen LogP contribution < -0.4 is 0 Å². The summed E-state index contributed by atoms with van der Waals surface area (Å²) in [4.78, 5) is 0. The molecule has 0 nitrogen and oxygen atoms in total. The van der Waals surface area contributed by atoms with Crippen molar-refractivity contribution in [1.82, 2.24) is 0 Å². The molecule has 0 unspecified atom stereocenters. The van der Waals surface area contributed by atoms with Gasteiger partial charge in [-0.2, -0.15) is 0 Å². The molecular weight excluding hydrogens is 192 g/mol. The summed E-state index contributed by atoms with van der Waals surface area (Å²) >= 11 is 0. The van der Waals surface area contributed by atoms with Crippen molar-refractivity contribution in [2.45, 2.75) is 44.4 Å². The highest BCUT2D eigenvalue weighted by molar-refractivity contribution is 5.19. The lowest BCUT2D eigenvalue weighted by atomic mass is 9.77. The Labute approximate surface area is 99.4 Å². The zero-order valence-electron chi connectivity index (χ0n) is 10.1. The van der Waals surface area contributed by atoms with Gasteiger partial charge in [0, 0.05) is 0 Å². The van der Waals surface area contributed by atoms with E-state index in [1.165, 1.54) is 38.5 Å². The van der Waals surface area contributed by atoms with Crippen molar-refractivity contribution in [3.8, 4) is 0 Å². The van der Waals surface area contributed by atoms with E-state index in [1.54, 1.807) is 5.56 Å². The number of hydrogen-bond acceptors (Lipinski definition) is 0. The molecule has 1 aromatic rings. The Bertz CT molecular complexity index is 304. The highest BCUT2D eigenvalue weighted by Crippen LogP contribution is 2.37. The van der Waals surface area contributed by atoms with Crippen LogP contribution in [0.4, 0.5) is 0 Å². The molecule has 2 rings (SSSR count). The van der Waals surface area contributed by atoms with Crippen molar-refractivity contribution in [2.75, 3.05) is 0 Å². The predicted octanol–water partition coefficient (Wildman–Crippen LogP) is 4.93. The molecule has 1 fully saturated rings. The van der Waals surface area contributed by atoms with E-state index in [-0.39, 0.29) is 0 Å². The van der Waals surface area contributed by atoms with Gasteiger partial charge in [-0.1, -0.05) is 36.4 Å². The van der Waals surface area contributed by atoms with E-state index in [0.717, 1.165) is 11.8 Å². The summed E-state index contributed by atoms with van der Waals surface area (Å²) in [6.07, 6.45) is 10.2. The lowest BCUT2D eigenvalue weighted by Gasteiger charge is -2.28. The average molecular weight is 214 g/mol. The number of hydrogen-bond donors (Lipinski definition) is 0. The third-order valence-corrected chi connectivity index (χ3v) is 3.90. The average Bonchev–Trinajstić information content (AvgIpc) is 2.38. The molecule has 1 saturated carbocycles. The summed E-state index contributed by atoms with van der Waals surface area (Å²) in [5, 5.41) is 0. The molecule has 0 saturated heterocycles. The van der Waals surface area contributed by atoms with Crippen LogP contribution in [0.15, 0.2) is 43.0 Å². The second kappa shape index (κ2) is 5.89. The zero-order valence-corrected chi connectivity index (χ0v) is 10.1. The quantitative estimate of drug-likeness (QED) is 0.624. The molecule has 0 aliphatic heterocycles. The standard InChI is InChI=1S/C16H22/c1-2-3-7-14-10-12-16(13-11-14)15-8-5-4-6-9-15/h2,4-6,8-9,14,16H,1,3,7,10-13H2. The normalized spacial score (nSPS) is 25.2. The van der Waals surface area contributed by atoms with E-state index in [4.69, 9.17) is 0 Å². The lowest BCUT2D eigenvalue weighted by molar-refractivity contribution is 0.312. The maximum absolute atomic E-state index is 3.81. The third-order valence-electron chi connectivity index (χ3n) is 3.90. The first-order valence-electron chi connectivity index (χ1n) is 6.56. The van der Waals surface area contributed by atoms with Gasteiger partial charge in [-0.25, -0.2) is 0 Å². The van der Waals surface area contributed by atoms with Gasteiger partial charge in [0.05, 0.1) is 0 Å². The van der Waals surface area contributed by atoms with Crippen LogP contribution in [0.25, 0.3) is 0 Å². The van der Waals surface area contributed by atoms with Gasteiger partial charge in [-0.05, 0) is 55.9 Å². The molecule has 1 aromatic carbocycles. The van der Waals surface area contributed by atoms with E-state index < -0.39 is 0 Å². The molecular formula is C16H22. The molecule has 0 aromatic heterocycles. The van der Waals surface area contributed by atoms with Crippen molar-refractivity contribution in [3.63, 3.8) is 0 Å². The second-order valence-electron chi connectivity index (χ2n) is 4.99. The molecule has 16 heavy (non-hydrogen) atoms. The summed E-state index contributed by atoms with van der Waals surface area (Å²) in [7, 11) is 0. The summed E-state index contributed by atoms with van der Waals surface area (Å²) in [6, 6.07) is 11.0. The minimum absolute atomic E-state index is 0.821. The van der Waals surface area contributed by atoms with Crippen LogP contribution in [0, 0.1) is 5.92 Å². The number of allylic oxidation sites excluding steroid dienone is 1. The Hall–Kier alpha value is -1.04. The first-order valence-corrected chi connectivity index (χ1v) is 6.56. The molecule has 1 aliphatic rings. The fourth-order valence-electron chi connectivity index (χ4n) is 2.86. The summed E-state index contributed by atoms with van der Waals surface area (Å²) < 4.78 is 0. The topological polar surface area (TPSA) is 0 Å². The molecule has 0 N–H and O–H groups in total. The van der Waals surface area contributed by atoms with E-state index in [2.05, 4.69) is 43.0 Å². The molecule has 0 spiro atoms. The third kappa shape index (κ3) is 2.98. The number of rotatable bonds is 4. The second-order valence-corrected chi connectivity index (χ2v) is 4.99. The monoisotopic (exact) mass is 214 g/mol. The van der Waals surface area contributed by atoms with Crippen molar-refractivity contribution >= 4 is 0 Å². The van der Waals surface area contributed by atoms with Gasteiger partial charge >= 0.3 is 0 Å². The zero-order chi connectivity index (χ0) is 11.2. The van der Waals surface area contributed by atoms with E-state index in [9.17, 15) is 0 Å². The largest absolute Gasteiger partial charge is 0.103 e. The molecule has 0 radical (unpaired) electrons. The van der Waals surface area contributed by atoms with Crippen LogP contribution in [-0.2, 0) is 0 Å². The number of benzene rings is 1. The van der Waals surface area contributed by atoms with Crippen LogP contribution >= 0.6 is 0 Å². The van der Waals surface area contributed by atoms with Gasteiger partial charge in [0.2, 0.25) is 0 Å². The van der Waals surface area contributed by atoms with Crippen molar-refractivity contribution in [1.29, 1.82) is 0 Å². The maximum atomic E-state index is 3.81. The minimum Gasteiger partial charge on any atom is -0.103 e. The fraction of sp³-hybridized carbons (Fsp3) is 0.500. The molecule has 86 valence electrons. The Morgan fingerprint density at radius 2 is 1.75 bits per heavy atom. The van der Waals surface area contributed by atoms with E-state index in [0.29, 0.717) is 0 Å². The highest BCUT2D eigenvalue weighted by atomic mass is 14.3. The molecule has 0 atom stereocenters. The molecule has 0 heteroatoms. The van der Waals surface area contributed by atoms with Crippen LogP contribution in [0.2, 0.25) is 0 Å². The fourth-order valence-corrected chi connectivity index (χ4v) is 2.86. The Morgan fingerprint density at radius 3 is 2.38 bits per heavy atom. The first kappa shape index (κ1) is 11.4. The van der Waals surface area contributed by atoms with Crippen LogP contribution in [-0.4, -0.2) is 0 Å². The predicted molar refractivity (Wildman–Crippen MR) is 70.6 cm³/mol. The molecule has 0 heterocycles. The van der Waals surface area contributed by atoms with Crippen molar-refractivity contribution in [3.05, 3.63) is 48.6 Å². The van der Waals surface area contributed by atoms with Gasteiger partial charge in [0.1, 0.15) is 0 Å². The molecule has 0 bridgehead atoms. The summed E-state index contributed by atoms with van der Waals surface area (Å²) in [5.74, 6) is 1.78. The van der Waals surface area contributed by atoms with Crippen molar-refractivity contribution in [2.24, 2.45) is 5.92 Å². The van der Waals surface area contributed by atoms with Gasteiger partial charge in [-0.3, -0.25) is 0 Å². The van der Waals surface area contributed by atoms with Gasteiger partial charge in [0.15, 0.2) is 0 Å². The van der Waals surface area contributed by atoms with Crippen LogP contribution in [0.3, 0.4) is 0 Å². The van der Waals surface area contributed by atoms with Gasteiger partial charge < -0.3 is 0 Å². The van der Waals surface area contributed by atoms with Crippen molar-refractivity contribution < 1.29 is 0 Å². The Balaban J connectivity index is 1.83. The van der Waals surface area contributed by atoms with Crippen LogP contribution in [0.1, 0.15) is 50.0 Å². The van der Waals surface area contributed by atoms with E-state index in [1.807, 2.05) is 0 Å². The smallest absolute Gasteiger partial charge is 0.0162 e. The van der Waals surface area contributed by atoms with Gasteiger partial charge in [-0.15, -0.1) is 6.58 Å². The maximum Gasteiger partial charge on any atom is -0.0162 e. The van der Waals surface area contributed by atoms with E-state index >= 15 is 0 Å². The Morgan fingerprint density at radius 1 is 1.06 bits per heavy atom. The van der Waals surface area contributed by atoms with Crippen LogP contribution in [0.5, 0.6) is 0 Å². The van der Waals surface area contributed by atoms with Gasteiger partial charge in [0.25, 0.3) is 0 Å². The Kier molecular flexibility index (Phi) is 4.21. The molecule has 0 amide bonds. The summed E-state index contributed by atoms with van der Waals surface area (Å²) in [5.41, 5.74) is 1.55. The lowest BCUT2D eigenvalue weighted by Crippen LogP contribution is -2.13. The minimum atomic E-state index is 0.821. The molecule has 1 aliphatic carbocycles. The first-order chi connectivity index (χ1) is 7.90.